The SMILES string of the molecule is CC(C)(C)c1ccc2c(c1)C(c1ccccc1)(c1ccccc1)c1cc(C(C)(C)C)cc(N(c3ccc4c(c3)C(C)(C)c3ccccc3-4)c3ccc4c(c3)C(c3ccccc3)(c3ccccc3)c3ccccc3-4)c1-2. The molecule has 10 aromatic carbocycles. The summed E-state index contributed by atoms with van der Waals surface area (Å²) in [4.78, 5) is 2.64. The van der Waals surface area contributed by atoms with Gasteiger partial charge in [-0.25, -0.2) is 0 Å². The van der Waals surface area contributed by atoms with E-state index in [4.69, 9.17) is 0 Å². The number of benzene rings is 10. The number of fused-ring (bicyclic) bond motifs is 9. The lowest BCUT2D eigenvalue weighted by Crippen LogP contribution is -2.30. The highest BCUT2D eigenvalue weighted by Gasteiger charge is 2.50. The molecule has 0 amide bonds. The topological polar surface area (TPSA) is 3.24 Å². The van der Waals surface area contributed by atoms with E-state index in [1.54, 1.807) is 0 Å². The van der Waals surface area contributed by atoms with Crippen LogP contribution >= 0.6 is 0 Å². The van der Waals surface area contributed by atoms with Gasteiger partial charge in [-0.05, 0) is 136 Å². The highest BCUT2D eigenvalue weighted by molar-refractivity contribution is 6.00. The molecule has 1 heteroatoms. The maximum absolute atomic E-state index is 2.64. The summed E-state index contributed by atoms with van der Waals surface area (Å²) in [6.45, 7) is 19.0. The van der Waals surface area contributed by atoms with Crippen LogP contribution in [0.1, 0.15) is 122 Å². The van der Waals surface area contributed by atoms with Crippen molar-refractivity contribution in [2.75, 3.05) is 4.90 Å². The van der Waals surface area contributed by atoms with Gasteiger partial charge in [0.25, 0.3) is 0 Å². The average molecular weight is 954 g/mol. The number of rotatable bonds is 7. The number of hydrogen-bond acceptors (Lipinski definition) is 1. The van der Waals surface area contributed by atoms with Gasteiger partial charge in [-0.3, -0.25) is 0 Å². The van der Waals surface area contributed by atoms with Gasteiger partial charge in [0, 0.05) is 22.4 Å². The van der Waals surface area contributed by atoms with Crippen LogP contribution in [0, 0.1) is 0 Å². The largest absolute Gasteiger partial charge is 0.310 e. The van der Waals surface area contributed by atoms with Gasteiger partial charge in [-0.1, -0.05) is 262 Å². The van der Waals surface area contributed by atoms with Crippen molar-refractivity contribution in [3.05, 3.63) is 303 Å². The Balaban J connectivity index is 1.18. The molecular formula is C73H63N. The third kappa shape index (κ3) is 6.55. The standard InChI is InChI=1S/C73H63N/c1-69(2,3)52-37-40-60-64(43-52)73(50-29-17-11-18-30-50,51-31-19-12-20-32-51)66-44-53(70(4,5)6)45-67(68(60)66)74(54-38-41-58-56-33-21-23-35-61(56)71(7,8)63(58)46-54)55-39-42-59-57-34-22-24-36-62(57)72(65(59)47-55,48-25-13-9-14-26-48)49-27-15-10-16-28-49/h9-47H,1-8H3. The molecule has 74 heavy (non-hydrogen) atoms. The van der Waals surface area contributed by atoms with Crippen LogP contribution in [0.4, 0.5) is 17.1 Å². The third-order valence-electron chi connectivity index (χ3n) is 17.1. The Bertz CT molecular complexity index is 3730. The minimum absolute atomic E-state index is 0.0743. The van der Waals surface area contributed by atoms with Gasteiger partial charge in [0.05, 0.1) is 16.5 Å². The van der Waals surface area contributed by atoms with Crippen LogP contribution in [-0.2, 0) is 27.1 Å². The zero-order valence-corrected chi connectivity index (χ0v) is 44.0. The molecule has 0 spiro atoms. The van der Waals surface area contributed by atoms with Crippen molar-refractivity contribution < 1.29 is 0 Å². The van der Waals surface area contributed by atoms with Crippen molar-refractivity contribution in [1.29, 1.82) is 0 Å². The number of hydrogen-bond donors (Lipinski definition) is 0. The fraction of sp³-hybridized carbons (Fsp3) is 0.178. The molecule has 0 radical (unpaired) electrons. The van der Waals surface area contributed by atoms with E-state index >= 15 is 0 Å². The lowest BCUT2D eigenvalue weighted by molar-refractivity contribution is 0.586. The minimum atomic E-state index is -0.618. The fourth-order valence-electron chi connectivity index (χ4n) is 13.5. The Labute approximate surface area is 438 Å². The van der Waals surface area contributed by atoms with E-state index in [1.807, 2.05) is 0 Å². The first-order valence-electron chi connectivity index (χ1n) is 26.6. The Morgan fingerprint density at radius 1 is 0.297 bits per heavy atom. The molecule has 360 valence electrons. The second kappa shape index (κ2) is 16.5. The van der Waals surface area contributed by atoms with Crippen molar-refractivity contribution in [3.63, 3.8) is 0 Å². The Hall–Kier alpha value is -8.00. The summed E-state index contributed by atoms with van der Waals surface area (Å²) < 4.78 is 0. The fourth-order valence-corrected chi connectivity index (χ4v) is 13.5. The second-order valence-corrected chi connectivity index (χ2v) is 23.7. The first-order chi connectivity index (χ1) is 35.7. The van der Waals surface area contributed by atoms with Crippen LogP contribution in [0.15, 0.2) is 237 Å². The van der Waals surface area contributed by atoms with Crippen LogP contribution in [-0.4, -0.2) is 0 Å². The number of anilines is 3. The highest BCUT2D eigenvalue weighted by Crippen LogP contribution is 2.63. The maximum Gasteiger partial charge on any atom is 0.0714 e. The van der Waals surface area contributed by atoms with E-state index in [0.717, 1.165) is 11.4 Å². The van der Waals surface area contributed by atoms with E-state index in [1.165, 1.54) is 106 Å². The Kier molecular flexibility index (Phi) is 10.2. The quantitative estimate of drug-likeness (QED) is 0.154. The summed E-state index contributed by atoms with van der Waals surface area (Å²) in [5, 5.41) is 0. The third-order valence-corrected chi connectivity index (χ3v) is 17.1. The normalized spacial score (nSPS) is 15.1. The molecule has 0 aliphatic heterocycles. The van der Waals surface area contributed by atoms with E-state index in [9.17, 15) is 0 Å². The molecule has 0 heterocycles. The monoisotopic (exact) mass is 953 g/mol. The van der Waals surface area contributed by atoms with Crippen molar-refractivity contribution in [1.82, 2.24) is 0 Å². The van der Waals surface area contributed by atoms with E-state index < -0.39 is 10.8 Å². The van der Waals surface area contributed by atoms with Crippen LogP contribution in [0.25, 0.3) is 33.4 Å². The Morgan fingerprint density at radius 2 is 0.676 bits per heavy atom. The molecule has 0 aromatic heterocycles. The van der Waals surface area contributed by atoms with Gasteiger partial charge in [-0.2, -0.15) is 0 Å². The maximum atomic E-state index is 2.64. The van der Waals surface area contributed by atoms with Crippen molar-refractivity contribution >= 4 is 17.1 Å². The molecule has 10 aromatic rings. The summed E-state index contributed by atoms with van der Waals surface area (Å²) in [5.41, 5.74) is 25.1. The van der Waals surface area contributed by atoms with Crippen LogP contribution in [0.5, 0.6) is 0 Å². The lowest BCUT2D eigenvalue weighted by Gasteiger charge is -2.37. The van der Waals surface area contributed by atoms with Gasteiger partial charge >= 0.3 is 0 Å². The molecule has 0 saturated carbocycles. The van der Waals surface area contributed by atoms with Gasteiger partial charge in [0.15, 0.2) is 0 Å². The lowest BCUT2D eigenvalue weighted by atomic mass is 9.66. The second-order valence-electron chi connectivity index (χ2n) is 23.7. The van der Waals surface area contributed by atoms with Crippen LogP contribution in [0.3, 0.4) is 0 Å². The molecule has 0 unspecified atom stereocenters. The molecule has 0 fully saturated rings. The summed E-state index contributed by atoms with van der Waals surface area (Å²) >= 11 is 0. The predicted molar refractivity (Wildman–Crippen MR) is 311 cm³/mol. The van der Waals surface area contributed by atoms with Crippen molar-refractivity contribution in [3.8, 4) is 33.4 Å². The summed E-state index contributed by atoms with van der Waals surface area (Å²) in [6, 6.07) is 90.5. The first-order valence-corrected chi connectivity index (χ1v) is 26.6. The average Bonchev–Trinajstić information content (AvgIpc) is 3.98. The highest BCUT2D eigenvalue weighted by atomic mass is 15.1. The van der Waals surface area contributed by atoms with Crippen LogP contribution < -0.4 is 4.90 Å². The molecule has 3 aliphatic rings. The van der Waals surface area contributed by atoms with Crippen LogP contribution in [0.2, 0.25) is 0 Å². The van der Waals surface area contributed by atoms with E-state index in [-0.39, 0.29) is 16.2 Å². The van der Waals surface area contributed by atoms with Gasteiger partial charge in [-0.15, -0.1) is 0 Å². The molecule has 0 atom stereocenters. The van der Waals surface area contributed by atoms with Crippen molar-refractivity contribution in [2.24, 2.45) is 0 Å². The smallest absolute Gasteiger partial charge is 0.0714 e. The molecular weight excluding hydrogens is 891 g/mol. The molecule has 0 saturated heterocycles. The summed E-state index contributed by atoms with van der Waals surface area (Å²) in [7, 11) is 0. The van der Waals surface area contributed by atoms with E-state index in [0.29, 0.717) is 0 Å². The minimum Gasteiger partial charge on any atom is -0.310 e. The molecule has 0 bridgehead atoms. The Morgan fingerprint density at radius 3 is 1.19 bits per heavy atom. The molecule has 0 N–H and O–H groups in total. The molecule has 13 rings (SSSR count). The first kappa shape index (κ1) is 45.8. The van der Waals surface area contributed by atoms with Gasteiger partial charge in [0.2, 0.25) is 0 Å². The summed E-state index contributed by atoms with van der Waals surface area (Å²) in [6.07, 6.45) is 0. The number of nitrogens with zero attached hydrogens (tertiary/aromatic N) is 1. The van der Waals surface area contributed by atoms with Gasteiger partial charge in [0.1, 0.15) is 0 Å². The zero-order valence-electron chi connectivity index (χ0n) is 44.0. The van der Waals surface area contributed by atoms with Crippen molar-refractivity contribution in [2.45, 2.75) is 82.5 Å². The summed E-state index contributed by atoms with van der Waals surface area (Å²) in [5.74, 6) is 0. The predicted octanol–water partition coefficient (Wildman–Crippen LogP) is 18.8. The molecule has 3 aliphatic carbocycles. The van der Waals surface area contributed by atoms with Gasteiger partial charge < -0.3 is 4.90 Å². The molecule has 1 nitrogen and oxygen atoms in total. The van der Waals surface area contributed by atoms with E-state index in [2.05, 4.69) is 297 Å². The zero-order chi connectivity index (χ0) is 50.8.